The van der Waals surface area contributed by atoms with E-state index in [1.54, 1.807) is 18.2 Å². The van der Waals surface area contributed by atoms with Gasteiger partial charge in [-0.25, -0.2) is 0 Å². The average Bonchev–Trinajstić information content (AvgIpc) is 2.61. The zero-order valence-corrected chi connectivity index (χ0v) is 13.9. The molecule has 0 saturated carbocycles. The first-order valence-corrected chi connectivity index (χ1v) is 7.75. The lowest BCUT2D eigenvalue weighted by molar-refractivity contribution is -0.111. The minimum Gasteiger partial charge on any atom is -0.463 e. The minimum atomic E-state index is -0.285. The standard InChI is InChI=1S/C18H19N5O2/c1-3-5-6-7-18(24)21-15-8-12-13(10-19)16(11-20)23-22-14(12)9-17(15)25-4-2/h4,6-11,19-20H,2-3,5H2,1H3,(H,21,24)/b7-6+,19-10?,20-11?. The third-order valence-corrected chi connectivity index (χ3v) is 3.40. The van der Waals surface area contributed by atoms with Crippen molar-refractivity contribution in [1.82, 2.24) is 10.2 Å². The molecule has 1 heterocycles. The van der Waals surface area contributed by atoms with E-state index in [0.717, 1.165) is 25.3 Å². The maximum absolute atomic E-state index is 12.1. The molecule has 7 heteroatoms. The maximum atomic E-state index is 12.1. The molecule has 0 fully saturated rings. The van der Waals surface area contributed by atoms with Crippen molar-refractivity contribution >= 4 is 34.9 Å². The highest BCUT2D eigenvalue weighted by Gasteiger charge is 2.13. The third kappa shape index (κ3) is 4.14. The molecule has 0 aliphatic carbocycles. The quantitative estimate of drug-likeness (QED) is 0.389. The Bertz CT molecular complexity index is 858. The van der Waals surface area contributed by atoms with Crippen molar-refractivity contribution in [2.45, 2.75) is 19.8 Å². The Balaban J connectivity index is 2.53. The lowest BCUT2D eigenvalue weighted by Crippen LogP contribution is -2.09. The second kappa shape index (κ2) is 8.49. The summed E-state index contributed by atoms with van der Waals surface area (Å²) in [5.74, 6) is 0.0833. The second-order valence-electron chi connectivity index (χ2n) is 5.12. The van der Waals surface area contributed by atoms with E-state index in [-0.39, 0.29) is 11.6 Å². The number of allylic oxidation sites excluding steroid dienone is 1. The summed E-state index contributed by atoms with van der Waals surface area (Å²) in [6, 6.07) is 3.26. The number of amides is 1. The van der Waals surface area contributed by atoms with Gasteiger partial charge in [0.05, 0.1) is 17.5 Å². The van der Waals surface area contributed by atoms with Crippen molar-refractivity contribution in [2.24, 2.45) is 0 Å². The van der Waals surface area contributed by atoms with Crippen LogP contribution in [-0.2, 0) is 4.79 Å². The van der Waals surface area contributed by atoms with Crippen LogP contribution in [0.15, 0.2) is 37.1 Å². The van der Waals surface area contributed by atoms with Crippen molar-refractivity contribution in [3.05, 3.63) is 48.4 Å². The lowest BCUT2D eigenvalue weighted by atomic mass is 10.1. The van der Waals surface area contributed by atoms with Crippen molar-refractivity contribution in [3.63, 3.8) is 0 Å². The molecule has 0 radical (unpaired) electrons. The maximum Gasteiger partial charge on any atom is 0.248 e. The molecule has 0 bridgehead atoms. The fourth-order valence-corrected chi connectivity index (χ4v) is 2.24. The summed E-state index contributed by atoms with van der Waals surface area (Å²) in [5, 5.41) is 26.3. The summed E-state index contributed by atoms with van der Waals surface area (Å²) in [6.45, 7) is 5.56. The Labute approximate surface area is 145 Å². The van der Waals surface area contributed by atoms with E-state index in [2.05, 4.69) is 22.1 Å². The van der Waals surface area contributed by atoms with Crippen LogP contribution in [0, 0.1) is 10.8 Å². The van der Waals surface area contributed by atoms with Gasteiger partial charge in [-0.05, 0) is 18.6 Å². The zero-order valence-electron chi connectivity index (χ0n) is 13.9. The van der Waals surface area contributed by atoms with Crippen LogP contribution in [0.2, 0.25) is 0 Å². The fourth-order valence-electron chi connectivity index (χ4n) is 2.24. The number of nitrogens with zero attached hydrogens (tertiary/aromatic N) is 2. The number of carbonyl (C=O) groups excluding carboxylic acids is 1. The molecule has 2 rings (SSSR count). The summed E-state index contributed by atoms with van der Waals surface area (Å²) in [4.78, 5) is 12.1. The van der Waals surface area contributed by atoms with Crippen LogP contribution in [0.4, 0.5) is 5.69 Å². The number of hydrogen-bond acceptors (Lipinski definition) is 6. The second-order valence-corrected chi connectivity index (χ2v) is 5.12. The molecule has 0 spiro atoms. The van der Waals surface area contributed by atoms with Gasteiger partial charge in [-0.2, -0.15) is 0 Å². The molecular formula is C18H19N5O2. The van der Waals surface area contributed by atoms with E-state index >= 15 is 0 Å². The van der Waals surface area contributed by atoms with Gasteiger partial charge in [-0.15, -0.1) is 10.2 Å². The van der Waals surface area contributed by atoms with Gasteiger partial charge in [0.2, 0.25) is 5.91 Å². The van der Waals surface area contributed by atoms with E-state index in [1.165, 1.54) is 12.3 Å². The molecule has 3 N–H and O–H groups in total. The molecular weight excluding hydrogens is 318 g/mol. The number of benzene rings is 1. The van der Waals surface area contributed by atoms with Gasteiger partial charge in [0, 0.05) is 29.4 Å². The number of nitrogens with one attached hydrogen (secondary N) is 3. The van der Waals surface area contributed by atoms with Crippen LogP contribution in [0.5, 0.6) is 5.75 Å². The third-order valence-electron chi connectivity index (χ3n) is 3.40. The Hall–Kier alpha value is -3.35. The highest BCUT2D eigenvalue weighted by atomic mass is 16.5. The highest BCUT2D eigenvalue weighted by Crippen LogP contribution is 2.31. The molecule has 25 heavy (non-hydrogen) atoms. The zero-order chi connectivity index (χ0) is 18.2. The highest BCUT2D eigenvalue weighted by molar-refractivity contribution is 6.07. The number of aromatic nitrogens is 2. The minimum absolute atomic E-state index is 0.278. The predicted octanol–water partition coefficient (Wildman–Crippen LogP) is 3.44. The van der Waals surface area contributed by atoms with E-state index in [0.29, 0.717) is 27.9 Å². The summed E-state index contributed by atoms with van der Waals surface area (Å²) in [7, 11) is 0. The summed E-state index contributed by atoms with van der Waals surface area (Å²) >= 11 is 0. The molecule has 1 aromatic heterocycles. The normalized spacial score (nSPS) is 10.6. The number of ether oxygens (including phenoxy) is 1. The fraction of sp³-hybridized carbons (Fsp3) is 0.167. The van der Waals surface area contributed by atoms with Gasteiger partial charge < -0.3 is 20.9 Å². The molecule has 1 amide bonds. The smallest absolute Gasteiger partial charge is 0.248 e. The number of unbranched alkanes of at least 4 members (excludes halogenated alkanes) is 1. The number of hydrogen-bond donors (Lipinski definition) is 3. The van der Waals surface area contributed by atoms with Gasteiger partial charge in [0.1, 0.15) is 5.69 Å². The predicted molar refractivity (Wildman–Crippen MR) is 98.8 cm³/mol. The molecule has 2 aromatic rings. The monoisotopic (exact) mass is 337 g/mol. The lowest BCUT2D eigenvalue weighted by Gasteiger charge is -2.12. The van der Waals surface area contributed by atoms with Gasteiger partial charge in [-0.1, -0.05) is 26.0 Å². The van der Waals surface area contributed by atoms with Crippen LogP contribution in [0.3, 0.4) is 0 Å². The average molecular weight is 337 g/mol. The molecule has 0 saturated heterocycles. The Morgan fingerprint density at radius 3 is 2.76 bits per heavy atom. The van der Waals surface area contributed by atoms with E-state index < -0.39 is 0 Å². The van der Waals surface area contributed by atoms with Crippen LogP contribution < -0.4 is 10.1 Å². The molecule has 0 unspecified atom stereocenters. The SMILES string of the molecule is C=COc1cc2nnc(C=N)c(C=N)c2cc1NC(=O)/C=C/CCC. The first-order valence-electron chi connectivity index (χ1n) is 7.75. The van der Waals surface area contributed by atoms with Crippen LogP contribution in [-0.4, -0.2) is 28.5 Å². The molecule has 128 valence electrons. The summed E-state index contributed by atoms with van der Waals surface area (Å²) in [5.41, 5.74) is 1.63. The molecule has 1 aromatic carbocycles. The van der Waals surface area contributed by atoms with Gasteiger partial charge in [0.15, 0.2) is 5.75 Å². The van der Waals surface area contributed by atoms with E-state index in [1.807, 2.05) is 6.92 Å². The molecule has 0 aliphatic heterocycles. The van der Waals surface area contributed by atoms with Gasteiger partial charge in [-0.3, -0.25) is 4.79 Å². The first kappa shape index (κ1) is 18.0. The van der Waals surface area contributed by atoms with Gasteiger partial charge in [0.25, 0.3) is 0 Å². The van der Waals surface area contributed by atoms with Crippen molar-refractivity contribution in [2.75, 3.05) is 5.32 Å². The molecule has 7 nitrogen and oxygen atoms in total. The van der Waals surface area contributed by atoms with E-state index in [4.69, 9.17) is 15.6 Å². The largest absolute Gasteiger partial charge is 0.463 e. The summed E-state index contributed by atoms with van der Waals surface area (Å²) in [6.07, 6.45) is 8.43. The van der Waals surface area contributed by atoms with Gasteiger partial charge >= 0.3 is 0 Å². The number of anilines is 1. The van der Waals surface area contributed by atoms with Crippen molar-refractivity contribution in [1.29, 1.82) is 10.8 Å². The number of carbonyl (C=O) groups is 1. The topological polar surface area (TPSA) is 112 Å². The Morgan fingerprint density at radius 1 is 1.32 bits per heavy atom. The molecule has 0 atom stereocenters. The van der Waals surface area contributed by atoms with Crippen molar-refractivity contribution in [3.8, 4) is 5.75 Å². The van der Waals surface area contributed by atoms with Crippen LogP contribution in [0.25, 0.3) is 10.9 Å². The Kier molecular flexibility index (Phi) is 6.11. The van der Waals surface area contributed by atoms with Crippen LogP contribution in [0.1, 0.15) is 31.0 Å². The van der Waals surface area contributed by atoms with Crippen molar-refractivity contribution < 1.29 is 9.53 Å². The summed E-state index contributed by atoms with van der Waals surface area (Å²) < 4.78 is 5.36. The van der Waals surface area contributed by atoms with Crippen LogP contribution >= 0.6 is 0 Å². The number of rotatable bonds is 8. The first-order chi connectivity index (χ1) is 12.1. The van der Waals surface area contributed by atoms with E-state index in [9.17, 15) is 4.79 Å². The molecule has 0 aliphatic rings. The Morgan fingerprint density at radius 2 is 2.12 bits per heavy atom. The number of fused-ring (bicyclic) bond motifs is 1.